The molecular weight excluding hydrogens is 189 g/mol. The Balaban J connectivity index is 2.92. The summed E-state index contributed by atoms with van der Waals surface area (Å²) in [4.78, 5) is 0. The van der Waals surface area contributed by atoms with Gasteiger partial charge in [0.15, 0.2) is 0 Å². The summed E-state index contributed by atoms with van der Waals surface area (Å²) < 4.78 is 13.8. The van der Waals surface area contributed by atoms with Crippen molar-refractivity contribution >= 4 is 0 Å². The highest BCUT2D eigenvalue weighted by Gasteiger charge is 2.14. The van der Waals surface area contributed by atoms with Gasteiger partial charge in [-0.2, -0.15) is 0 Å². The van der Waals surface area contributed by atoms with E-state index in [1.807, 2.05) is 13.1 Å². The van der Waals surface area contributed by atoms with Crippen molar-refractivity contribution in [3.05, 3.63) is 35.1 Å². The minimum atomic E-state index is -0.131. The molecule has 2 heteroatoms. The van der Waals surface area contributed by atoms with Gasteiger partial charge in [-0.05, 0) is 26.0 Å². The van der Waals surface area contributed by atoms with Crippen molar-refractivity contribution in [3.8, 4) is 12.3 Å². The third-order valence-electron chi connectivity index (χ3n) is 2.52. The van der Waals surface area contributed by atoms with Crippen LogP contribution in [-0.2, 0) is 0 Å². The third kappa shape index (κ3) is 2.81. The number of halogens is 1. The lowest BCUT2D eigenvalue weighted by atomic mass is 9.99. The van der Waals surface area contributed by atoms with Crippen molar-refractivity contribution < 1.29 is 4.39 Å². The Bertz CT molecular complexity index is 365. The molecule has 1 N–H and O–H groups in total. The number of hydrogen-bond donors (Lipinski definition) is 1. The molecule has 0 fully saturated rings. The van der Waals surface area contributed by atoms with Crippen LogP contribution in [-0.4, -0.2) is 7.05 Å². The molecule has 1 rings (SSSR count). The quantitative estimate of drug-likeness (QED) is 0.745. The Morgan fingerprint density at radius 3 is 2.87 bits per heavy atom. The van der Waals surface area contributed by atoms with Gasteiger partial charge in [-0.1, -0.05) is 18.2 Å². The smallest absolute Gasteiger partial charge is 0.130 e. The van der Waals surface area contributed by atoms with E-state index in [0.29, 0.717) is 17.5 Å². The normalized spacial score (nSPS) is 12.1. The molecule has 15 heavy (non-hydrogen) atoms. The van der Waals surface area contributed by atoms with Crippen LogP contribution in [0.3, 0.4) is 0 Å². The SMILES string of the molecule is C#CCCC(NC)c1cccc(C)c1F. The zero-order valence-corrected chi connectivity index (χ0v) is 9.18. The fraction of sp³-hybridized carbons (Fsp3) is 0.385. The molecular formula is C13H16FN. The van der Waals surface area contributed by atoms with Crippen LogP contribution in [0.25, 0.3) is 0 Å². The predicted octanol–water partition coefficient (Wildman–Crippen LogP) is 2.81. The van der Waals surface area contributed by atoms with Gasteiger partial charge in [-0.3, -0.25) is 0 Å². The molecule has 0 spiro atoms. The van der Waals surface area contributed by atoms with Gasteiger partial charge in [0.1, 0.15) is 5.82 Å². The van der Waals surface area contributed by atoms with E-state index in [2.05, 4.69) is 11.2 Å². The first-order valence-corrected chi connectivity index (χ1v) is 5.06. The maximum Gasteiger partial charge on any atom is 0.130 e. The number of benzene rings is 1. The molecule has 1 aromatic rings. The van der Waals surface area contributed by atoms with Crippen LogP contribution in [0.2, 0.25) is 0 Å². The van der Waals surface area contributed by atoms with E-state index < -0.39 is 0 Å². The van der Waals surface area contributed by atoms with Gasteiger partial charge in [-0.15, -0.1) is 12.3 Å². The molecule has 0 saturated heterocycles. The average Bonchev–Trinajstić information content (AvgIpc) is 2.25. The van der Waals surface area contributed by atoms with Crippen LogP contribution in [0.1, 0.15) is 30.0 Å². The second kappa shape index (κ2) is 5.53. The number of aryl methyl sites for hydroxylation is 1. The van der Waals surface area contributed by atoms with Crippen LogP contribution in [0, 0.1) is 25.1 Å². The maximum atomic E-state index is 13.8. The van der Waals surface area contributed by atoms with Crippen molar-refractivity contribution in [2.24, 2.45) is 0 Å². The van der Waals surface area contributed by atoms with E-state index in [1.165, 1.54) is 0 Å². The van der Waals surface area contributed by atoms with Gasteiger partial charge in [0.05, 0.1) is 0 Å². The summed E-state index contributed by atoms with van der Waals surface area (Å²) in [6.45, 7) is 1.77. The monoisotopic (exact) mass is 205 g/mol. The molecule has 0 radical (unpaired) electrons. The third-order valence-corrected chi connectivity index (χ3v) is 2.52. The van der Waals surface area contributed by atoms with Crippen molar-refractivity contribution in [1.29, 1.82) is 0 Å². The van der Waals surface area contributed by atoms with Gasteiger partial charge in [0.2, 0.25) is 0 Å². The first-order chi connectivity index (χ1) is 7.20. The van der Waals surface area contributed by atoms with Crippen LogP contribution in [0.15, 0.2) is 18.2 Å². The molecule has 1 atom stereocenters. The molecule has 0 saturated carbocycles. The summed E-state index contributed by atoms with van der Waals surface area (Å²) in [5.74, 6) is 2.44. The highest BCUT2D eigenvalue weighted by molar-refractivity contribution is 5.27. The van der Waals surface area contributed by atoms with E-state index in [1.54, 1.807) is 19.1 Å². The molecule has 1 unspecified atom stereocenters. The molecule has 0 heterocycles. The zero-order chi connectivity index (χ0) is 11.3. The molecule has 80 valence electrons. The van der Waals surface area contributed by atoms with Crippen molar-refractivity contribution in [1.82, 2.24) is 5.32 Å². The molecule has 0 aliphatic rings. The summed E-state index contributed by atoms with van der Waals surface area (Å²) in [6, 6.07) is 5.45. The number of hydrogen-bond acceptors (Lipinski definition) is 1. The number of terminal acetylenes is 1. The zero-order valence-electron chi connectivity index (χ0n) is 9.18. The number of rotatable bonds is 4. The lowest BCUT2D eigenvalue weighted by Crippen LogP contribution is -2.17. The predicted molar refractivity (Wildman–Crippen MR) is 61.0 cm³/mol. The van der Waals surface area contributed by atoms with E-state index >= 15 is 0 Å². The Morgan fingerprint density at radius 1 is 1.53 bits per heavy atom. The summed E-state index contributed by atoms with van der Waals surface area (Å²) in [5.41, 5.74) is 1.38. The standard InChI is InChI=1S/C13H16FN/c1-4-5-9-12(15-3)11-8-6-7-10(2)13(11)14/h1,6-8,12,15H,5,9H2,2-3H3. The van der Waals surface area contributed by atoms with Crippen LogP contribution < -0.4 is 5.32 Å². The van der Waals surface area contributed by atoms with E-state index in [9.17, 15) is 4.39 Å². The van der Waals surface area contributed by atoms with Gasteiger partial charge in [0.25, 0.3) is 0 Å². The van der Waals surface area contributed by atoms with Gasteiger partial charge in [0, 0.05) is 18.0 Å². The molecule has 0 amide bonds. The first kappa shape index (κ1) is 11.7. The van der Waals surface area contributed by atoms with Crippen LogP contribution >= 0.6 is 0 Å². The Labute approximate surface area is 90.7 Å². The topological polar surface area (TPSA) is 12.0 Å². The average molecular weight is 205 g/mol. The number of nitrogens with one attached hydrogen (secondary N) is 1. The summed E-state index contributed by atoms with van der Waals surface area (Å²) >= 11 is 0. The summed E-state index contributed by atoms with van der Waals surface area (Å²) in [7, 11) is 1.82. The van der Waals surface area contributed by atoms with E-state index in [4.69, 9.17) is 6.42 Å². The van der Waals surface area contributed by atoms with Crippen LogP contribution in [0.4, 0.5) is 4.39 Å². The molecule has 1 nitrogen and oxygen atoms in total. The lowest BCUT2D eigenvalue weighted by molar-refractivity contribution is 0.511. The van der Waals surface area contributed by atoms with Crippen molar-refractivity contribution in [3.63, 3.8) is 0 Å². The lowest BCUT2D eigenvalue weighted by Gasteiger charge is -2.16. The minimum absolute atomic E-state index is 0.000880. The second-order valence-corrected chi connectivity index (χ2v) is 3.56. The van der Waals surface area contributed by atoms with E-state index in [-0.39, 0.29) is 11.9 Å². The highest BCUT2D eigenvalue weighted by Crippen LogP contribution is 2.22. The Hall–Kier alpha value is -1.33. The Morgan fingerprint density at radius 2 is 2.27 bits per heavy atom. The van der Waals surface area contributed by atoms with Crippen molar-refractivity contribution in [2.75, 3.05) is 7.05 Å². The highest BCUT2D eigenvalue weighted by atomic mass is 19.1. The maximum absolute atomic E-state index is 13.8. The van der Waals surface area contributed by atoms with Gasteiger partial charge in [-0.25, -0.2) is 4.39 Å². The van der Waals surface area contributed by atoms with Gasteiger partial charge < -0.3 is 5.32 Å². The molecule has 0 aliphatic heterocycles. The van der Waals surface area contributed by atoms with E-state index in [0.717, 1.165) is 6.42 Å². The summed E-state index contributed by atoms with van der Waals surface area (Å²) in [5, 5.41) is 3.09. The fourth-order valence-electron chi connectivity index (χ4n) is 1.62. The largest absolute Gasteiger partial charge is 0.313 e. The van der Waals surface area contributed by atoms with Crippen LogP contribution in [0.5, 0.6) is 0 Å². The fourth-order valence-corrected chi connectivity index (χ4v) is 1.62. The van der Waals surface area contributed by atoms with Gasteiger partial charge >= 0.3 is 0 Å². The minimum Gasteiger partial charge on any atom is -0.313 e. The molecule has 0 aromatic heterocycles. The Kier molecular flexibility index (Phi) is 4.33. The molecule has 0 bridgehead atoms. The first-order valence-electron chi connectivity index (χ1n) is 5.06. The molecule has 0 aliphatic carbocycles. The second-order valence-electron chi connectivity index (χ2n) is 3.56. The van der Waals surface area contributed by atoms with Crippen molar-refractivity contribution in [2.45, 2.75) is 25.8 Å². The molecule has 1 aromatic carbocycles. The summed E-state index contributed by atoms with van der Waals surface area (Å²) in [6.07, 6.45) is 6.62.